The minimum atomic E-state index is -0.0276. The number of ether oxygens (including phenoxy) is 2. The Labute approximate surface area is 127 Å². The third-order valence-electron chi connectivity index (χ3n) is 2.55. The summed E-state index contributed by atoms with van der Waals surface area (Å²) in [4.78, 5) is 11.4. The molecule has 0 saturated carbocycles. The van der Waals surface area contributed by atoms with Crippen molar-refractivity contribution in [3.8, 4) is 11.5 Å². The zero-order valence-electron chi connectivity index (χ0n) is 11.9. The van der Waals surface area contributed by atoms with Crippen LogP contribution >= 0.6 is 15.9 Å². The lowest BCUT2D eigenvalue weighted by Gasteiger charge is -2.15. The van der Waals surface area contributed by atoms with Gasteiger partial charge in [0, 0.05) is 13.1 Å². The summed E-state index contributed by atoms with van der Waals surface area (Å²) in [5.74, 6) is 1.21. The van der Waals surface area contributed by atoms with Crippen LogP contribution in [0, 0.1) is 0 Å². The van der Waals surface area contributed by atoms with Crippen LogP contribution in [0.15, 0.2) is 16.6 Å². The molecule has 3 N–H and O–H groups in total. The second-order valence-corrected chi connectivity index (χ2v) is 4.95. The topological polar surface area (TPSA) is 73.6 Å². The largest absolute Gasteiger partial charge is 0.490 e. The number of hydrogen-bond acceptors (Lipinski definition) is 4. The van der Waals surface area contributed by atoms with E-state index >= 15 is 0 Å². The number of carbonyl (C=O) groups excluding carboxylic acids is 1. The number of rotatable bonds is 8. The molecule has 5 nitrogen and oxygen atoms in total. The van der Waals surface area contributed by atoms with Gasteiger partial charge in [-0.3, -0.25) is 4.79 Å². The Bertz CT molecular complexity index is 452. The molecule has 0 radical (unpaired) electrons. The van der Waals surface area contributed by atoms with Crippen LogP contribution in [0.5, 0.6) is 11.5 Å². The minimum absolute atomic E-state index is 0.0276. The normalized spacial score (nSPS) is 10.2. The van der Waals surface area contributed by atoms with E-state index < -0.39 is 0 Å². The first kappa shape index (κ1) is 16.8. The summed E-state index contributed by atoms with van der Waals surface area (Å²) in [5.41, 5.74) is 6.59. The van der Waals surface area contributed by atoms with Gasteiger partial charge in [0.2, 0.25) is 5.91 Å². The van der Waals surface area contributed by atoms with Crippen molar-refractivity contribution in [2.75, 3.05) is 19.8 Å². The van der Waals surface area contributed by atoms with Gasteiger partial charge in [-0.2, -0.15) is 0 Å². The van der Waals surface area contributed by atoms with Crippen molar-refractivity contribution in [3.63, 3.8) is 0 Å². The van der Waals surface area contributed by atoms with Crippen molar-refractivity contribution >= 4 is 21.8 Å². The first-order valence-electron chi connectivity index (χ1n) is 6.67. The first-order valence-corrected chi connectivity index (χ1v) is 7.46. The molecule has 0 aliphatic rings. The fourth-order valence-electron chi connectivity index (χ4n) is 1.67. The van der Waals surface area contributed by atoms with Crippen LogP contribution in [0.4, 0.5) is 0 Å². The van der Waals surface area contributed by atoms with Crippen LogP contribution in [0.25, 0.3) is 0 Å². The highest BCUT2D eigenvalue weighted by Crippen LogP contribution is 2.36. The van der Waals surface area contributed by atoms with Crippen LogP contribution in [-0.2, 0) is 11.3 Å². The van der Waals surface area contributed by atoms with Crippen molar-refractivity contribution in [2.45, 2.75) is 26.8 Å². The van der Waals surface area contributed by atoms with Gasteiger partial charge in [-0.1, -0.05) is 0 Å². The number of carbonyl (C=O) groups is 1. The van der Waals surface area contributed by atoms with Gasteiger partial charge in [-0.05, 0) is 47.5 Å². The number of amides is 1. The Balaban J connectivity index is 2.74. The van der Waals surface area contributed by atoms with E-state index in [-0.39, 0.29) is 5.91 Å². The van der Waals surface area contributed by atoms with E-state index in [9.17, 15) is 4.79 Å². The standard InChI is InChI=1S/C14H21BrN2O3/c1-3-17-13(18)5-6-20-14-11(15)7-10(9-16)8-12(14)19-4-2/h7-8H,3-6,9,16H2,1-2H3,(H,17,18). The summed E-state index contributed by atoms with van der Waals surface area (Å²) in [6, 6.07) is 3.75. The highest BCUT2D eigenvalue weighted by molar-refractivity contribution is 9.10. The van der Waals surface area contributed by atoms with Gasteiger partial charge >= 0.3 is 0 Å². The number of hydrogen-bond donors (Lipinski definition) is 2. The summed E-state index contributed by atoms with van der Waals surface area (Å²) in [6.45, 7) is 5.67. The van der Waals surface area contributed by atoms with Crippen LogP contribution in [-0.4, -0.2) is 25.7 Å². The van der Waals surface area contributed by atoms with Crippen molar-refractivity contribution in [3.05, 3.63) is 22.2 Å². The van der Waals surface area contributed by atoms with E-state index in [2.05, 4.69) is 21.2 Å². The Morgan fingerprint density at radius 3 is 2.70 bits per heavy atom. The number of nitrogens with two attached hydrogens (primary N) is 1. The Kier molecular flexibility index (Phi) is 7.40. The van der Waals surface area contributed by atoms with Gasteiger partial charge in [0.25, 0.3) is 0 Å². The molecule has 0 fully saturated rings. The number of benzene rings is 1. The maximum Gasteiger partial charge on any atom is 0.223 e. The van der Waals surface area contributed by atoms with Crippen molar-refractivity contribution in [1.82, 2.24) is 5.32 Å². The van der Waals surface area contributed by atoms with Gasteiger partial charge in [0.1, 0.15) is 0 Å². The Morgan fingerprint density at radius 2 is 2.10 bits per heavy atom. The molecule has 0 aliphatic carbocycles. The molecular formula is C14H21BrN2O3. The van der Waals surface area contributed by atoms with E-state index in [1.807, 2.05) is 26.0 Å². The summed E-state index contributed by atoms with van der Waals surface area (Å²) < 4.78 is 12.0. The van der Waals surface area contributed by atoms with Crippen molar-refractivity contribution < 1.29 is 14.3 Å². The fraction of sp³-hybridized carbons (Fsp3) is 0.500. The summed E-state index contributed by atoms with van der Waals surface area (Å²) >= 11 is 3.45. The molecule has 1 aromatic rings. The first-order chi connectivity index (χ1) is 9.62. The molecule has 0 aromatic heterocycles. The molecule has 0 spiro atoms. The second-order valence-electron chi connectivity index (χ2n) is 4.09. The second kappa shape index (κ2) is 8.81. The highest BCUT2D eigenvalue weighted by Gasteiger charge is 2.12. The van der Waals surface area contributed by atoms with Crippen molar-refractivity contribution in [1.29, 1.82) is 0 Å². The zero-order chi connectivity index (χ0) is 15.0. The quantitative estimate of drug-likeness (QED) is 0.758. The molecule has 0 saturated heterocycles. The smallest absolute Gasteiger partial charge is 0.223 e. The van der Waals surface area contributed by atoms with Crippen molar-refractivity contribution in [2.24, 2.45) is 5.73 Å². The minimum Gasteiger partial charge on any atom is -0.490 e. The molecule has 20 heavy (non-hydrogen) atoms. The lowest BCUT2D eigenvalue weighted by molar-refractivity contribution is -0.121. The zero-order valence-corrected chi connectivity index (χ0v) is 13.5. The van der Waals surface area contributed by atoms with E-state index in [1.54, 1.807) is 0 Å². The Morgan fingerprint density at radius 1 is 1.35 bits per heavy atom. The predicted molar refractivity (Wildman–Crippen MR) is 82.0 cm³/mol. The molecule has 0 aliphatic heterocycles. The van der Waals surface area contributed by atoms with Gasteiger partial charge in [0.15, 0.2) is 11.5 Å². The third kappa shape index (κ3) is 5.02. The molecule has 1 amide bonds. The van der Waals surface area contributed by atoms with Crippen LogP contribution in [0.3, 0.4) is 0 Å². The average molecular weight is 345 g/mol. The van der Waals surface area contributed by atoms with Gasteiger partial charge in [-0.15, -0.1) is 0 Å². The molecule has 0 heterocycles. The fourth-order valence-corrected chi connectivity index (χ4v) is 2.28. The summed E-state index contributed by atoms with van der Waals surface area (Å²) in [6.07, 6.45) is 0.310. The molecule has 112 valence electrons. The van der Waals surface area contributed by atoms with Gasteiger partial charge in [0.05, 0.1) is 24.1 Å². The molecule has 6 heteroatoms. The number of halogens is 1. The highest BCUT2D eigenvalue weighted by atomic mass is 79.9. The molecular weight excluding hydrogens is 324 g/mol. The predicted octanol–water partition coefficient (Wildman–Crippen LogP) is 2.21. The third-order valence-corrected chi connectivity index (χ3v) is 3.14. The van der Waals surface area contributed by atoms with E-state index in [1.165, 1.54) is 0 Å². The molecule has 0 bridgehead atoms. The molecule has 1 aromatic carbocycles. The average Bonchev–Trinajstić information content (AvgIpc) is 2.42. The lowest BCUT2D eigenvalue weighted by Crippen LogP contribution is -2.24. The Hall–Kier alpha value is -1.27. The number of nitrogens with one attached hydrogen (secondary N) is 1. The van der Waals surface area contributed by atoms with E-state index in [0.717, 1.165) is 10.0 Å². The maximum absolute atomic E-state index is 11.4. The van der Waals surface area contributed by atoms with Gasteiger partial charge in [-0.25, -0.2) is 0 Å². The lowest BCUT2D eigenvalue weighted by atomic mass is 10.2. The van der Waals surface area contributed by atoms with Crippen LogP contribution in [0.1, 0.15) is 25.8 Å². The van der Waals surface area contributed by atoms with Crippen LogP contribution in [0.2, 0.25) is 0 Å². The summed E-state index contributed by atoms with van der Waals surface area (Å²) in [7, 11) is 0. The van der Waals surface area contributed by atoms with Gasteiger partial charge < -0.3 is 20.5 Å². The molecule has 1 rings (SSSR count). The molecule has 0 unspecified atom stereocenters. The van der Waals surface area contributed by atoms with Crippen LogP contribution < -0.4 is 20.5 Å². The van der Waals surface area contributed by atoms with E-state index in [0.29, 0.717) is 44.2 Å². The van der Waals surface area contributed by atoms with E-state index in [4.69, 9.17) is 15.2 Å². The monoisotopic (exact) mass is 344 g/mol. The maximum atomic E-state index is 11.4. The summed E-state index contributed by atoms with van der Waals surface area (Å²) in [5, 5.41) is 2.73. The SMILES string of the molecule is CCNC(=O)CCOc1c(Br)cc(CN)cc1OCC. The molecule has 0 atom stereocenters.